The molecule has 1 saturated heterocycles. The summed E-state index contributed by atoms with van der Waals surface area (Å²) < 4.78 is 5.47. The minimum Gasteiger partial charge on any atom is -0.379 e. The van der Waals surface area contributed by atoms with Gasteiger partial charge < -0.3 is 15.0 Å². The van der Waals surface area contributed by atoms with Crippen molar-refractivity contribution in [1.82, 2.24) is 9.80 Å². The van der Waals surface area contributed by atoms with Crippen LogP contribution in [0.3, 0.4) is 0 Å². The molecule has 1 aliphatic heterocycles. The van der Waals surface area contributed by atoms with E-state index in [-0.39, 0.29) is 0 Å². The van der Waals surface area contributed by atoms with Crippen LogP contribution in [0.5, 0.6) is 0 Å². The molecule has 1 heterocycles. The summed E-state index contributed by atoms with van der Waals surface area (Å²) in [6, 6.07) is 15.3. The van der Waals surface area contributed by atoms with Gasteiger partial charge in [0.2, 0.25) is 0 Å². The maximum absolute atomic E-state index is 5.88. The molecular formula is C25H35N3OS. The molecule has 1 N–H and O–H groups in total. The van der Waals surface area contributed by atoms with Crippen molar-refractivity contribution in [3.05, 3.63) is 64.7 Å². The highest BCUT2D eigenvalue weighted by Gasteiger charge is 2.15. The molecule has 1 aliphatic rings. The van der Waals surface area contributed by atoms with Gasteiger partial charge in [-0.15, -0.1) is 0 Å². The second-order valence-electron chi connectivity index (χ2n) is 8.10. The fraction of sp³-hybridized carbons (Fsp3) is 0.480. The molecule has 0 unspecified atom stereocenters. The van der Waals surface area contributed by atoms with Crippen molar-refractivity contribution in [2.24, 2.45) is 0 Å². The van der Waals surface area contributed by atoms with E-state index in [1.165, 1.54) is 22.3 Å². The zero-order valence-corrected chi connectivity index (χ0v) is 19.4. The summed E-state index contributed by atoms with van der Waals surface area (Å²) in [7, 11) is 0. The van der Waals surface area contributed by atoms with Crippen LogP contribution in [0.2, 0.25) is 0 Å². The van der Waals surface area contributed by atoms with Crippen molar-refractivity contribution in [3.63, 3.8) is 0 Å². The fourth-order valence-electron chi connectivity index (χ4n) is 3.86. The molecule has 3 rings (SSSR count). The number of morpholine rings is 1. The summed E-state index contributed by atoms with van der Waals surface area (Å²) in [5.41, 5.74) is 6.23. The molecule has 0 aromatic heterocycles. The third-order valence-electron chi connectivity index (χ3n) is 5.81. The SMILES string of the molecule is CCc1ccc(CN(CCCN2CCOCC2)C(=S)Nc2c(C)cccc2C)cc1. The number of aryl methyl sites for hydroxylation is 3. The van der Waals surface area contributed by atoms with Crippen molar-refractivity contribution in [3.8, 4) is 0 Å². The first-order valence-corrected chi connectivity index (χ1v) is 11.5. The Labute approximate surface area is 187 Å². The molecular weight excluding hydrogens is 390 g/mol. The Kier molecular flexibility index (Phi) is 8.67. The van der Waals surface area contributed by atoms with Crippen LogP contribution >= 0.6 is 12.2 Å². The molecule has 30 heavy (non-hydrogen) atoms. The van der Waals surface area contributed by atoms with E-state index < -0.39 is 0 Å². The second-order valence-corrected chi connectivity index (χ2v) is 8.48. The number of para-hydroxylation sites is 1. The maximum atomic E-state index is 5.88. The Balaban J connectivity index is 1.67. The van der Waals surface area contributed by atoms with Crippen LogP contribution in [-0.2, 0) is 17.7 Å². The summed E-state index contributed by atoms with van der Waals surface area (Å²) in [6.07, 6.45) is 2.15. The van der Waals surface area contributed by atoms with Crippen molar-refractivity contribution < 1.29 is 4.74 Å². The topological polar surface area (TPSA) is 27.7 Å². The van der Waals surface area contributed by atoms with E-state index in [0.717, 1.165) is 69.6 Å². The summed E-state index contributed by atoms with van der Waals surface area (Å²) in [6.45, 7) is 13.0. The van der Waals surface area contributed by atoms with E-state index in [1.54, 1.807) is 0 Å². The van der Waals surface area contributed by atoms with Gasteiger partial charge >= 0.3 is 0 Å². The zero-order valence-electron chi connectivity index (χ0n) is 18.6. The lowest BCUT2D eigenvalue weighted by Gasteiger charge is -2.30. The number of hydrogen-bond acceptors (Lipinski definition) is 3. The lowest BCUT2D eigenvalue weighted by molar-refractivity contribution is 0.0368. The molecule has 0 spiro atoms. The molecule has 1 fully saturated rings. The second kappa shape index (κ2) is 11.4. The van der Waals surface area contributed by atoms with Crippen LogP contribution in [0.1, 0.15) is 35.6 Å². The molecule has 162 valence electrons. The van der Waals surface area contributed by atoms with Gasteiger partial charge in [-0.1, -0.05) is 49.4 Å². The van der Waals surface area contributed by atoms with Crippen LogP contribution in [0.25, 0.3) is 0 Å². The van der Waals surface area contributed by atoms with E-state index >= 15 is 0 Å². The van der Waals surface area contributed by atoms with Gasteiger partial charge in [-0.05, 0) is 61.2 Å². The number of nitrogens with zero attached hydrogens (tertiary/aromatic N) is 2. The number of hydrogen-bond donors (Lipinski definition) is 1. The molecule has 2 aromatic rings. The molecule has 5 heteroatoms. The van der Waals surface area contributed by atoms with Crippen LogP contribution in [0.15, 0.2) is 42.5 Å². The fourth-order valence-corrected chi connectivity index (χ4v) is 4.12. The van der Waals surface area contributed by atoms with Crippen LogP contribution in [0, 0.1) is 13.8 Å². The molecule has 0 atom stereocenters. The number of thiocarbonyl (C=S) groups is 1. The Morgan fingerprint density at radius 2 is 1.67 bits per heavy atom. The number of rotatable bonds is 8. The largest absolute Gasteiger partial charge is 0.379 e. The van der Waals surface area contributed by atoms with Crippen LogP contribution < -0.4 is 5.32 Å². The molecule has 2 aromatic carbocycles. The van der Waals surface area contributed by atoms with Crippen molar-refractivity contribution in [1.29, 1.82) is 0 Å². The quantitative estimate of drug-likeness (QED) is 0.614. The highest BCUT2D eigenvalue weighted by atomic mass is 32.1. The summed E-state index contributed by atoms with van der Waals surface area (Å²) in [5.74, 6) is 0. The van der Waals surface area contributed by atoms with Gasteiger partial charge in [0.25, 0.3) is 0 Å². The van der Waals surface area contributed by atoms with Gasteiger partial charge in [-0.25, -0.2) is 0 Å². The molecule has 0 saturated carbocycles. The van der Waals surface area contributed by atoms with Crippen LogP contribution in [0.4, 0.5) is 5.69 Å². The van der Waals surface area contributed by atoms with Gasteiger partial charge in [0.1, 0.15) is 0 Å². The third-order valence-corrected chi connectivity index (χ3v) is 6.17. The summed E-state index contributed by atoms with van der Waals surface area (Å²) >= 11 is 5.88. The van der Waals surface area contributed by atoms with E-state index in [1.807, 2.05) is 0 Å². The number of nitrogens with one attached hydrogen (secondary N) is 1. The smallest absolute Gasteiger partial charge is 0.173 e. The third kappa shape index (κ3) is 6.53. The highest BCUT2D eigenvalue weighted by Crippen LogP contribution is 2.20. The van der Waals surface area contributed by atoms with Crippen LogP contribution in [-0.4, -0.2) is 54.3 Å². The lowest BCUT2D eigenvalue weighted by Crippen LogP contribution is -2.40. The van der Waals surface area contributed by atoms with E-state index in [2.05, 4.69) is 78.4 Å². The predicted octanol–water partition coefficient (Wildman–Crippen LogP) is 4.79. The number of benzene rings is 2. The van der Waals surface area contributed by atoms with E-state index in [4.69, 9.17) is 17.0 Å². The molecule has 0 bridgehead atoms. The normalized spacial score (nSPS) is 14.5. The van der Waals surface area contributed by atoms with E-state index in [9.17, 15) is 0 Å². The molecule has 0 aliphatic carbocycles. The monoisotopic (exact) mass is 425 g/mol. The average molecular weight is 426 g/mol. The van der Waals surface area contributed by atoms with Gasteiger partial charge in [0, 0.05) is 38.4 Å². The number of anilines is 1. The minimum absolute atomic E-state index is 0.800. The first-order valence-electron chi connectivity index (χ1n) is 11.1. The summed E-state index contributed by atoms with van der Waals surface area (Å²) in [4.78, 5) is 4.79. The Morgan fingerprint density at radius 1 is 1.03 bits per heavy atom. The Morgan fingerprint density at radius 3 is 2.30 bits per heavy atom. The van der Waals surface area contributed by atoms with E-state index in [0.29, 0.717) is 0 Å². The first kappa shape index (κ1) is 22.7. The van der Waals surface area contributed by atoms with Gasteiger partial charge in [-0.2, -0.15) is 0 Å². The number of ether oxygens (including phenoxy) is 1. The van der Waals surface area contributed by atoms with Crippen molar-refractivity contribution in [2.45, 2.75) is 40.2 Å². The van der Waals surface area contributed by atoms with Crippen molar-refractivity contribution in [2.75, 3.05) is 44.7 Å². The lowest BCUT2D eigenvalue weighted by atomic mass is 10.1. The highest BCUT2D eigenvalue weighted by molar-refractivity contribution is 7.80. The molecule has 4 nitrogen and oxygen atoms in total. The predicted molar refractivity (Wildman–Crippen MR) is 130 cm³/mol. The van der Waals surface area contributed by atoms with Crippen molar-refractivity contribution >= 4 is 23.0 Å². The zero-order chi connectivity index (χ0) is 21.3. The molecule has 0 radical (unpaired) electrons. The standard InChI is InChI=1S/C25H35N3OS/c1-4-22-9-11-23(12-10-22)19-28(14-6-13-27-15-17-29-18-16-27)25(30)26-24-20(2)7-5-8-21(24)3/h5,7-12H,4,6,13-19H2,1-3H3,(H,26,30). The Hall–Kier alpha value is -1.95. The average Bonchev–Trinajstić information content (AvgIpc) is 2.77. The maximum Gasteiger partial charge on any atom is 0.173 e. The van der Waals surface area contributed by atoms with Gasteiger partial charge in [0.05, 0.1) is 13.2 Å². The first-order chi connectivity index (χ1) is 14.6. The minimum atomic E-state index is 0.800. The Bertz CT molecular complexity index is 795. The van der Waals surface area contributed by atoms with Gasteiger partial charge in [0.15, 0.2) is 5.11 Å². The molecule has 0 amide bonds. The summed E-state index contributed by atoms with van der Waals surface area (Å²) in [5, 5.41) is 4.33. The van der Waals surface area contributed by atoms with Gasteiger partial charge in [-0.3, -0.25) is 4.90 Å².